The van der Waals surface area contributed by atoms with Crippen molar-refractivity contribution < 1.29 is 9.53 Å². The highest BCUT2D eigenvalue weighted by Gasteiger charge is 2.16. The first-order chi connectivity index (χ1) is 15.2. The Labute approximate surface area is 185 Å². The quantitative estimate of drug-likeness (QED) is 0.358. The summed E-state index contributed by atoms with van der Waals surface area (Å²) in [6.07, 6.45) is 1.81. The maximum absolute atomic E-state index is 11.5. The van der Waals surface area contributed by atoms with E-state index in [1.54, 1.807) is 7.11 Å². The minimum Gasteiger partial charge on any atom is -0.497 e. The molecule has 4 rings (SSSR count). The van der Waals surface area contributed by atoms with Gasteiger partial charge in [0.05, 0.1) is 29.0 Å². The summed E-state index contributed by atoms with van der Waals surface area (Å²) >= 11 is 1.53. The number of anilines is 2. The number of fused-ring (bicyclic) bond motifs is 2. The summed E-state index contributed by atoms with van der Waals surface area (Å²) in [5, 5.41) is 14.1. The Kier molecular flexibility index (Phi) is 7.18. The van der Waals surface area contributed by atoms with Gasteiger partial charge in [0.2, 0.25) is 5.91 Å². The largest absolute Gasteiger partial charge is 0.497 e. The van der Waals surface area contributed by atoms with Crippen LogP contribution in [-0.2, 0) is 11.3 Å². The van der Waals surface area contributed by atoms with Crippen LogP contribution in [-0.4, -0.2) is 54.9 Å². The van der Waals surface area contributed by atoms with Crippen LogP contribution < -0.4 is 26.0 Å². The number of aromatic nitrogens is 2. The zero-order chi connectivity index (χ0) is 21.5. The average Bonchev–Trinajstić information content (AvgIpc) is 2.80. The molecule has 3 heterocycles. The standard InChI is InChI=1S/C22H26N6O2S/c1-30-16-3-4-18-17(12-16)19(6-7-25-18)26-11-10-23-8-9-24-13-15-2-5-20-22(27-15)28-21(29)14-31-20/h2-7,12,23-24H,8-11,13-14H2,1H3,(H,25,26)(H,27,28,29). The summed E-state index contributed by atoms with van der Waals surface area (Å²) in [4.78, 5) is 21.4. The summed E-state index contributed by atoms with van der Waals surface area (Å²) in [7, 11) is 1.67. The number of carbonyl (C=O) groups is 1. The molecular formula is C22H26N6O2S. The molecule has 2 aromatic heterocycles. The number of thioether (sulfide) groups is 1. The summed E-state index contributed by atoms with van der Waals surface area (Å²) in [6.45, 7) is 3.99. The average molecular weight is 439 g/mol. The Hall–Kier alpha value is -2.88. The van der Waals surface area contributed by atoms with E-state index in [0.717, 1.165) is 59.1 Å². The van der Waals surface area contributed by atoms with Crippen molar-refractivity contribution in [1.82, 2.24) is 20.6 Å². The molecule has 1 aliphatic rings. The van der Waals surface area contributed by atoms with E-state index in [4.69, 9.17) is 4.74 Å². The molecule has 0 saturated heterocycles. The SMILES string of the molecule is COc1ccc2nccc(NCCNCCNCc3ccc4c(n3)NC(=O)CS4)c2c1. The predicted octanol–water partition coefficient (Wildman–Crippen LogP) is 2.47. The number of nitrogens with one attached hydrogen (secondary N) is 4. The van der Waals surface area contributed by atoms with Crippen LogP contribution in [0.4, 0.5) is 11.5 Å². The molecule has 1 amide bonds. The van der Waals surface area contributed by atoms with Crippen LogP contribution in [0.2, 0.25) is 0 Å². The monoisotopic (exact) mass is 438 g/mol. The number of hydrogen-bond donors (Lipinski definition) is 4. The van der Waals surface area contributed by atoms with Gasteiger partial charge in [-0.1, -0.05) is 0 Å². The van der Waals surface area contributed by atoms with Gasteiger partial charge >= 0.3 is 0 Å². The van der Waals surface area contributed by atoms with Gasteiger partial charge in [-0.2, -0.15) is 0 Å². The first-order valence-electron chi connectivity index (χ1n) is 10.2. The fourth-order valence-corrected chi connectivity index (χ4v) is 4.07. The molecule has 0 bridgehead atoms. The summed E-state index contributed by atoms with van der Waals surface area (Å²) < 4.78 is 5.32. The van der Waals surface area contributed by atoms with Crippen LogP contribution >= 0.6 is 11.8 Å². The van der Waals surface area contributed by atoms with Crippen LogP contribution in [0.25, 0.3) is 10.9 Å². The highest BCUT2D eigenvalue weighted by atomic mass is 32.2. The van der Waals surface area contributed by atoms with Gasteiger partial charge in [0.15, 0.2) is 0 Å². The number of carbonyl (C=O) groups excluding carboxylic acids is 1. The molecule has 31 heavy (non-hydrogen) atoms. The molecule has 8 nitrogen and oxygen atoms in total. The van der Waals surface area contributed by atoms with Crippen molar-refractivity contribution in [2.75, 3.05) is 49.7 Å². The van der Waals surface area contributed by atoms with Gasteiger partial charge in [-0.05, 0) is 36.4 Å². The van der Waals surface area contributed by atoms with E-state index in [1.165, 1.54) is 11.8 Å². The third kappa shape index (κ3) is 5.63. The second-order valence-corrected chi connectivity index (χ2v) is 8.10. The van der Waals surface area contributed by atoms with E-state index in [9.17, 15) is 4.79 Å². The van der Waals surface area contributed by atoms with E-state index in [0.29, 0.717) is 18.1 Å². The van der Waals surface area contributed by atoms with E-state index in [2.05, 4.69) is 31.2 Å². The van der Waals surface area contributed by atoms with Crippen LogP contribution in [0.15, 0.2) is 47.5 Å². The van der Waals surface area contributed by atoms with Gasteiger partial charge in [-0.3, -0.25) is 9.78 Å². The van der Waals surface area contributed by atoms with Crippen molar-refractivity contribution in [3.05, 3.63) is 48.3 Å². The highest BCUT2D eigenvalue weighted by Crippen LogP contribution is 2.29. The van der Waals surface area contributed by atoms with Gasteiger partial charge < -0.3 is 26.0 Å². The minimum atomic E-state index is 0.00631. The molecule has 0 spiro atoms. The molecule has 0 saturated carbocycles. The van der Waals surface area contributed by atoms with Crippen LogP contribution in [0.3, 0.4) is 0 Å². The van der Waals surface area contributed by atoms with Crippen molar-refractivity contribution in [3.63, 3.8) is 0 Å². The van der Waals surface area contributed by atoms with Crippen molar-refractivity contribution in [2.45, 2.75) is 11.4 Å². The Morgan fingerprint density at radius 3 is 2.87 bits per heavy atom. The second-order valence-electron chi connectivity index (χ2n) is 7.08. The fourth-order valence-electron chi connectivity index (χ4n) is 3.31. The summed E-state index contributed by atoms with van der Waals surface area (Å²) in [5.74, 6) is 1.96. The lowest BCUT2D eigenvalue weighted by Crippen LogP contribution is -2.30. The third-order valence-electron chi connectivity index (χ3n) is 4.88. The number of pyridine rings is 2. The van der Waals surface area contributed by atoms with E-state index in [-0.39, 0.29) is 5.91 Å². The van der Waals surface area contributed by atoms with E-state index < -0.39 is 0 Å². The molecule has 0 fully saturated rings. The van der Waals surface area contributed by atoms with E-state index >= 15 is 0 Å². The number of amides is 1. The zero-order valence-corrected chi connectivity index (χ0v) is 18.2. The maximum Gasteiger partial charge on any atom is 0.235 e. The highest BCUT2D eigenvalue weighted by molar-refractivity contribution is 8.00. The normalized spacial score (nSPS) is 13.0. The van der Waals surface area contributed by atoms with Gasteiger partial charge in [0.1, 0.15) is 11.6 Å². The number of ether oxygens (including phenoxy) is 1. The van der Waals surface area contributed by atoms with Crippen molar-refractivity contribution >= 4 is 40.1 Å². The Balaban J connectivity index is 1.15. The van der Waals surface area contributed by atoms with Crippen LogP contribution in [0.5, 0.6) is 5.75 Å². The lowest BCUT2D eigenvalue weighted by Gasteiger charge is -2.16. The number of benzene rings is 1. The molecule has 0 aliphatic carbocycles. The number of hydrogen-bond acceptors (Lipinski definition) is 8. The Morgan fingerprint density at radius 2 is 1.97 bits per heavy atom. The first-order valence-corrected chi connectivity index (χ1v) is 11.2. The Morgan fingerprint density at radius 1 is 1.10 bits per heavy atom. The van der Waals surface area contributed by atoms with Gasteiger partial charge in [0, 0.05) is 50.0 Å². The van der Waals surface area contributed by atoms with Crippen LogP contribution in [0.1, 0.15) is 5.69 Å². The van der Waals surface area contributed by atoms with Crippen LogP contribution in [0, 0.1) is 0 Å². The molecule has 3 aromatic rings. The van der Waals surface area contributed by atoms with Gasteiger partial charge in [0.25, 0.3) is 0 Å². The van der Waals surface area contributed by atoms with E-state index in [1.807, 2.05) is 42.6 Å². The molecule has 0 atom stereocenters. The fraction of sp³-hybridized carbons (Fsp3) is 0.318. The van der Waals surface area contributed by atoms with Crippen molar-refractivity contribution in [2.24, 2.45) is 0 Å². The molecule has 0 unspecified atom stereocenters. The summed E-state index contributed by atoms with van der Waals surface area (Å²) in [6, 6.07) is 11.9. The number of rotatable bonds is 10. The number of nitrogens with zero attached hydrogens (tertiary/aromatic N) is 2. The minimum absolute atomic E-state index is 0.00631. The maximum atomic E-state index is 11.5. The second kappa shape index (κ2) is 10.4. The molecule has 1 aromatic carbocycles. The zero-order valence-electron chi connectivity index (χ0n) is 17.4. The summed E-state index contributed by atoms with van der Waals surface area (Å²) in [5.41, 5.74) is 2.91. The predicted molar refractivity (Wildman–Crippen MR) is 125 cm³/mol. The third-order valence-corrected chi connectivity index (χ3v) is 5.93. The molecule has 4 N–H and O–H groups in total. The smallest absolute Gasteiger partial charge is 0.235 e. The van der Waals surface area contributed by atoms with Crippen molar-refractivity contribution in [3.8, 4) is 5.75 Å². The van der Waals surface area contributed by atoms with Crippen molar-refractivity contribution in [1.29, 1.82) is 0 Å². The number of methoxy groups -OCH3 is 1. The Bertz CT molecular complexity index is 1060. The lowest BCUT2D eigenvalue weighted by molar-refractivity contribution is -0.113. The lowest BCUT2D eigenvalue weighted by atomic mass is 10.2. The first kappa shape index (κ1) is 21.4. The molecule has 1 aliphatic heterocycles. The molecule has 9 heteroatoms. The molecular weight excluding hydrogens is 412 g/mol. The van der Waals surface area contributed by atoms with Gasteiger partial charge in [-0.25, -0.2) is 4.98 Å². The van der Waals surface area contributed by atoms with Gasteiger partial charge in [-0.15, -0.1) is 11.8 Å². The molecule has 162 valence electrons. The molecule has 0 radical (unpaired) electrons. The topological polar surface area (TPSA) is 100 Å².